The van der Waals surface area contributed by atoms with E-state index in [-0.39, 0.29) is 18.4 Å². The van der Waals surface area contributed by atoms with E-state index in [2.05, 4.69) is 15.1 Å². The highest BCUT2D eigenvalue weighted by molar-refractivity contribution is 5.94. The Hall–Kier alpha value is -3.16. The maximum Gasteiger partial charge on any atom is 0.325 e. The Balaban J connectivity index is 1.50. The summed E-state index contributed by atoms with van der Waals surface area (Å²) in [5, 5.41) is 13.2. The first-order valence-electron chi connectivity index (χ1n) is 9.00. The normalized spacial score (nSPS) is 17.4. The van der Waals surface area contributed by atoms with Gasteiger partial charge in [0.15, 0.2) is 5.82 Å². The minimum atomic E-state index is -0.926. The summed E-state index contributed by atoms with van der Waals surface area (Å²) in [6, 6.07) is 7.70. The smallest absolute Gasteiger partial charge is 0.325 e. The van der Waals surface area contributed by atoms with E-state index in [1.165, 1.54) is 4.68 Å². The third-order valence-electron chi connectivity index (χ3n) is 4.93. The Labute approximate surface area is 155 Å². The van der Waals surface area contributed by atoms with Gasteiger partial charge in [0.05, 0.1) is 16.7 Å². The van der Waals surface area contributed by atoms with Gasteiger partial charge in [-0.25, -0.2) is 4.98 Å². The van der Waals surface area contributed by atoms with Crippen molar-refractivity contribution in [2.45, 2.75) is 32.2 Å². The molecule has 0 spiro atoms. The van der Waals surface area contributed by atoms with Crippen LogP contribution >= 0.6 is 0 Å². The number of rotatable bonds is 4. The van der Waals surface area contributed by atoms with E-state index < -0.39 is 5.97 Å². The zero-order chi connectivity index (χ0) is 19.0. The van der Waals surface area contributed by atoms with Crippen LogP contribution in [-0.2, 0) is 11.3 Å². The number of piperidine rings is 1. The molecule has 4 rings (SSSR count). The fourth-order valence-corrected chi connectivity index (χ4v) is 3.60. The molecule has 3 heterocycles. The third kappa shape index (κ3) is 3.55. The van der Waals surface area contributed by atoms with E-state index >= 15 is 0 Å². The van der Waals surface area contributed by atoms with Gasteiger partial charge in [-0.3, -0.25) is 14.3 Å². The second kappa shape index (κ2) is 6.86. The molecule has 8 nitrogen and oxygen atoms in total. The summed E-state index contributed by atoms with van der Waals surface area (Å²) < 4.78 is 1.42. The molecule has 2 aromatic heterocycles. The molecule has 1 amide bonds. The minimum absolute atomic E-state index is 0.101. The first kappa shape index (κ1) is 17.3. The van der Waals surface area contributed by atoms with Gasteiger partial charge in [0.2, 0.25) is 0 Å². The van der Waals surface area contributed by atoms with Crippen LogP contribution in [0.1, 0.15) is 40.6 Å². The monoisotopic (exact) mass is 367 g/mol. The SMILES string of the molecule is Cc1ccc2nc(C(=O)N3CCC[C@H](c4ccn(CC(=O)O)n4)C3)[nH]c2c1. The number of likely N-dealkylation sites (tertiary alicyclic amines) is 1. The Bertz CT molecular complexity index is 1010. The van der Waals surface area contributed by atoms with Crippen LogP contribution in [0.5, 0.6) is 0 Å². The quantitative estimate of drug-likeness (QED) is 0.735. The Morgan fingerprint density at radius 3 is 3.00 bits per heavy atom. The summed E-state index contributed by atoms with van der Waals surface area (Å²) in [4.78, 5) is 33.1. The first-order valence-corrected chi connectivity index (χ1v) is 9.00. The van der Waals surface area contributed by atoms with Crippen LogP contribution in [0.2, 0.25) is 0 Å². The van der Waals surface area contributed by atoms with Crippen LogP contribution in [0.3, 0.4) is 0 Å². The lowest BCUT2D eigenvalue weighted by molar-refractivity contribution is -0.137. The lowest BCUT2D eigenvalue weighted by atomic mass is 9.95. The number of aryl methyl sites for hydroxylation is 1. The van der Waals surface area contributed by atoms with Crippen LogP contribution in [0, 0.1) is 6.92 Å². The number of H-pyrrole nitrogens is 1. The molecule has 0 bridgehead atoms. The van der Waals surface area contributed by atoms with Crippen molar-refractivity contribution >= 4 is 22.9 Å². The molecule has 1 aliphatic rings. The van der Waals surface area contributed by atoms with E-state index in [4.69, 9.17) is 5.11 Å². The van der Waals surface area contributed by atoms with Crippen molar-refractivity contribution in [1.29, 1.82) is 0 Å². The van der Waals surface area contributed by atoms with Gasteiger partial charge in [0.25, 0.3) is 5.91 Å². The molecule has 1 aromatic carbocycles. The summed E-state index contributed by atoms with van der Waals surface area (Å²) in [6.45, 7) is 3.08. The molecule has 0 saturated carbocycles. The molecule has 3 aromatic rings. The number of aromatic nitrogens is 4. The number of hydrogen-bond acceptors (Lipinski definition) is 4. The molecule has 2 N–H and O–H groups in total. The number of carbonyl (C=O) groups is 2. The molecule has 0 unspecified atom stereocenters. The van der Waals surface area contributed by atoms with Crippen molar-refractivity contribution in [1.82, 2.24) is 24.6 Å². The summed E-state index contributed by atoms with van der Waals surface area (Å²) in [5.41, 5.74) is 3.58. The van der Waals surface area contributed by atoms with E-state index in [1.807, 2.05) is 31.2 Å². The van der Waals surface area contributed by atoms with E-state index in [0.717, 1.165) is 35.1 Å². The molecular formula is C19H21N5O3. The molecule has 27 heavy (non-hydrogen) atoms. The number of carbonyl (C=O) groups excluding carboxylic acids is 1. The number of fused-ring (bicyclic) bond motifs is 1. The van der Waals surface area contributed by atoms with Gasteiger partial charge in [0.1, 0.15) is 6.54 Å². The van der Waals surface area contributed by atoms with E-state index in [0.29, 0.717) is 18.9 Å². The summed E-state index contributed by atoms with van der Waals surface area (Å²) in [6.07, 6.45) is 3.47. The zero-order valence-electron chi connectivity index (χ0n) is 15.1. The molecule has 1 aliphatic heterocycles. The van der Waals surface area contributed by atoms with Gasteiger partial charge < -0.3 is 15.0 Å². The van der Waals surface area contributed by atoms with Crippen molar-refractivity contribution in [2.24, 2.45) is 0 Å². The fourth-order valence-electron chi connectivity index (χ4n) is 3.60. The fraction of sp³-hybridized carbons (Fsp3) is 0.368. The molecule has 8 heteroatoms. The van der Waals surface area contributed by atoms with Gasteiger partial charge in [-0.2, -0.15) is 5.10 Å². The summed E-state index contributed by atoms with van der Waals surface area (Å²) in [5.74, 6) is -0.583. The number of carboxylic acid groups (broad SMARTS) is 1. The Morgan fingerprint density at radius 1 is 1.33 bits per heavy atom. The second-order valence-electron chi connectivity index (χ2n) is 7.03. The third-order valence-corrected chi connectivity index (χ3v) is 4.93. The van der Waals surface area contributed by atoms with Gasteiger partial charge >= 0.3 is 5.97 Å². The van der Waals surface area contributed by atoms with Crippen molar-refractivity contribution < 1.29 is 14.7 Å². The minimum Gasteiger partial charge on any atom is -0.480 e. The van der Waals surface area contributed by atoms with Gasteiger partial charge in [-0.05, 0) is 43.5 Å². The topological polar surface area (TPSA) is 104 Å². The second-order valence-corrected chi connectivity index (χ2v) is 7.03. The predicted molar refractivity (Wildman–Crippen MR) is 98.6 cm³/mol. The van der Waals surface area contributed by atoms with Crippen molar-refractivity contribution in [3.63, 3.8) is 0 Å². The van der Waals surface area contributed by atoms with E-state index in [9.17, 15) is 9.59 Å². The lowest BCUT2D eigenvalue weighted by Gasteiger charge is -2.31. The van der Waals surface area contributed by atoms with Crippen molar-refractivity contribution in [3.05, 3.63) is 47.5 Å². The Morgan fingerprint density at radius 2 is 2.19 bits per heavy atom. The summed E-state index contributed by atoms with van der Waals surface area (Å²) in [7, 11) is 0. The van der Waals surface area contributed by atoms with Gasteiger partial charge in [-0.15, -0.1) is 0 Å². The molecule has 0 radical (unpaired) electrons. The number of imidazole rings is 1. The standard InChI is InChI=1S/C19H21N5O3/c1-12-4-5-15-16(9-12)21-18(20-15)19(27)23-7-2-3-13(10-23)14-6-8-24(22-14)11-17(25)26/h4-6,8-9,13H,2-3,7,10-11H2,1H3,(H,20,21)(H,25,26)/t13-/m0/s1. The highest BCUT2D eigenvalue weighted by Gasteiger charge is 2.28. The van der Waals surface area contributed by atoms with Crippen LogP contribution in [-0.4, -0.2) is 54.7 Å². The van der Waals surface area contributed by atoms with Crippen LogP contribution in [0.15, 0.2) is 30.5 Å². The lowest BCUT2D eigenvalue weighted by Crippen LogP contribution is -2.39. The van der Waals surface area contributed by atoms with Crippen molar-refractivity contribution in [2.75, 3.05) is 13.1 Å². The number of amides is 1. The average molecular weight is 367 g/mol. The number of nitrogens with one attached hydrogen (secondary N) is 1. The molecule has 1 atom stereocenters. The highest BCUT2D eigenvalue weighted by Crippen LogP contribution is 2.26. The number of aliphatic carboxylic acids is 1. The Kier molecular flexibility index (Phi) is 4.39. The number of aromatic amines is 1. The number of hydrogen-bond donors (Lipinski definition) is 2. The first-order chi connectivity index (χ1) is 13.0. The zero-order valence-corrected chi connectivity index (χ0v) is 15.1. The molecular weight excluding hydrogens is 346 g/mol. The predicted octanol–water partition coefficient (Wildman–Crippen LogP) is 2.17. The number of carboxylic acids is 1. The van der Waals surface area contributed by atoms with Gasteiger partial charge in [0, 0.05) is 25.2 Å². The molecule has 0 aliphatic carbocycles. The average Bonchev–Trinajstić information content (AvgIpc) is 3.27. The molecule has 1 fully saturated rings. The van der Waals surface area contributed by atoms with Crippen LogP contribution < -0.4 is 0 Å². The number of benzene rings is 1. The molecule has 1 saturated heterocycles. The van der Waals surface area contributed by atoms with E-state index in [1.54, 1.807) is 11.1 Å². The van der Waals surface area contributed by atoms with Crippen LogP contribution in [0.25, 0.3) is 11.0 Å². The number of nitrogens with zero attached hydrogens (tertiary/aromatic N) is 4. The largest absolute Gasteiger partial charge is 0.480 e. The van der Waals surface area contributed by atoms with Crippen molar-refractivity contribution in [3.8, 4) is 0 Å². The summed E-state index contributed by atoms with van der Waals surface area (Å²) >= 11 is 0. The van der Waals surface area contributed by atoms with Gasteiger partial charge in [-0.1, -0.05) is 6.07 Å². The maximum atomic E-state index is 12.9. The maximum absolute atomic E-state index is 12.9. The highest BCUT2D eigenvalue weighted by atomic mass is 16.4. The van der Waals surface area contributed by atoms with Crippen LogP contribution in [0.4, 0.5) is 0 Å². The molecule has 140 valence electrons.